The minimum atomic E-state index is 0.437. The van der Waals surface area contributed by atoms with Crippen molar-refractivity contribution in [3.63, 3.8) is 0 Å². The van der Waals surface area contributed by atoms with Gasteiger partial charge in [0.05, 0.1) is 5.71 Å². The largest absolute Gasteiger partial charge is 0.411 e. The van der Waals surface area contributed by atoms with Gasteiger partial charge in [0.15, 0.2) is 0 Å². The molecule has 0 atom stereocenters. The second kappa shape index (κ2) is 4.61. The van der Waals surface area contributed by atoms with Gasteiger partial charge in [-0.25, -0.2) is 0 Å². The summed E-state index contributed by atoms with van der Waals surface area (Å²) in [6.45, 7) is 0. The Balaban J connectivity index is 1.59. The zero-order valence-electron chi connectivity index (χ0n) is 12.0. The molecular formula is C18H23NO. The van der Waals surface area contributed by atoms with Gasteiger partial charge in [0.1, 0.15) is 0 Å². The summed E-state index contributed by atoms with van der Waals surface area (Å²) in [5.41, 5.74) is 2.42. The molecule has 4 saturated carbocycles. The van der Waals surface area contributed by atoms with E-state index in [0.29, 0.717) is 5.41 Å². The van der Waals surface area contributed by atoms with Gasteiger partial charge in [-0.05, 0) is 73.7 Å². The average Bonchev–Trinajstić information content (AvgIpc) is 2.44. The van der Waals surface area contributed by atoms with Gasteiger partial charge in [-0.1, -0.05) is 35.5 Å². The lowest BCUT2D eigenvalue weighted by Crippen LogP contribution is -2.46. The lowest BCUT2D eigenvalue weighted by molar-refractivity contribution is -0.0483. The van der Waals surface area contributed by atoms with E-state index >= 15 is 0 Å². The summed E-state index contributed by atoms with van der Waals surface area (Å²) in [6, 6.07) is 10.2. The van der Waals surface area contributed by atoms with Crippen molar-refractivity contribution >= 4 is 5.71 Å². The zero-order valence-corrected chi connectivity index (χ0v) is 12.0. The van der Waals surface area contributed by atoms with Gasteiger partial charge in [-0.15, -0.1) is 0 Å². The lowest BCUT2D eigenvalue weighted by atomic mass is 9.48. The van der Waals surface area contributed by atoms with Crippen molar-refractivity contribution in [1.29, 1.82) is 0 Å². The van der Waals surface area contributed by atoms with Crippen LogP contribution < -0.4 is 0 Å². The van der Waals surface area contributed by atoms with Gasteiger partial charge < -0.3 is 5.21 Å². The van der Waals surface area contributed by atoms with Crippen LogP contribution in [0, 0.1) is 23.2 Å². The van der Waals surface area contributed by atoms with Crippen LogP contribution in [0.25, 0.3) is 0 Å². The van der Waals surface area contributed by atoms with E-state index in [1.165, 1.54) is 38.5 Å². The summed E-state index contributed by atoms with van der Waals surface area (Å²) in [7, 11) is 0. The summed E-state index contributed by atoms with van der Waals surface area (Å²) in [5.74, 6) is 2.87. The molecule has 1 aromatic rings. The van der Waals surface area contributed by atoms with Crippen LogP contribution in [0.5, 0.6) is 0 Å². The van der Waals surface area contributed by atoms with Gasteiger partial charge in [-0.3, -0.25) is 0 Å². The number of hydrogen-bond donors (Lipinski definition) is 1. The van der Waals surface area contributed by atoms with E-state index in [2.05, 4.69) is 17.3 Å². The Hall–Kier alpha value is -1.31. The highest BCUT2D eigenvalue weighted by Gasteiger charge is 2.51. The van der Waals surface area contributed by atoms with Gasteiger partial charge in [0.2, 0.25) is 0 Å². The molecule has 2 heteroatoms. The fraction of sp³-hybridized carbons (Fsp3) is 0.611. The highest BCUT2D eigenvalue weighted by atomic mass is 16.4. The third-order valence-electron chi connectivity index (χ3n) is 5.94. The number of hydrogen-bond acceptors (Lipinski definition) is 2. The minimum Gasteiger partial charge on any atom is -0.411 e. The maximum absolute atomic E-state index is 9.47. The van der Waals surface area contributed by atoms with Crippen molar-refractivity contribution in [3.05, 3.63) is 35.9 Å². The molecule has 2 nitrogen and oxygen atoms in total. The van der Waals surface area contributed by atoms with Gasteiger partial charge in [0.25, 0.3) is 0 Å². The Morgan fingerprint density at radius 1 is 1.00 bits per heavy atom. The van der Waals surface area contributed by atoms with Crippen molar-refractivity contribution < 1.29 is 5.21 Å². The van der Waals surface area contributed by atoms with E-state index < -0.39 is 0 Å². The van der Waals surface area contributed by atoms with Crippen molar-refractivity contribution in [2.24, 2.45) is 28.3 Å². The van der Waals surface area contributed by atoms with Gasteiger partial charge in [0, 0.05) is 0 Å². The Morgan fingerprint density at radius 3 is 2.05 bits per heavy atom. The molecule has 0 saturated heterocycles. The lowest BCUT2D eigenvalue weighted by Gasteiger charge is -2.57. The molecule has 4 aliphatic rings. The Bertz CT molecular complexity index is 484. The van der Waals surface area contributed by atoms with Crippen LogP contribution in [0.1, 0.15) is 50.5 Å². The molecule has 0 aliphatic heterocycles. The molecule has 20 heavy (non-hydrogen) atoms. The standard InChI is InChI=1S/C18H23NO/c20-19-17(16-4-2-1-3-5-16)12-18-9-13-6-14(10-18)8-15(7-13)11-18/h1-5,13-15,20H,6-12H2. The third kappa shape index (κ3) is 2.06. The molecule has 0 amide bonds. The van der Waals surface area contributed by atoms with Gasteiger partial charge in [-0.2, -0.15) is 0 Å². The number of oxime groups is 1. The molecule has 1 N–H and O–H groups in total. The zero-order chi connectivity index (χ0) is 13.6. The van der Waals surface area contributed by atoms with Gasteiger partial charge >= 0.3 is 0 Å². The Kier molecular flexibility index (Phi) is 2.87. The highest BCUT2D eigenvalue weighted by molar-refractivity contribution is 6.00. The summed E-state index contributed by atoms with van der Waals surface area (Å²) >= 11 is 0. The van der Waals surface area contributed by atoms with Crippen LogP contribution in [0.15, 0.2) is 35.5 Å². The summed E-state index contributed by atoms with van der Waals surface area (Å²) in [4.78, 5) is 0. The first kappa shape index (κ1) is 12.4. The first-order chi connectivity index (χ1) is 9.76. The second-order valence-electron chi connectivity index (χ2n) is 7.51. The molecule has 106 valence electrons. The van der Waals surface area contributed by atoms with Crippen LogP contribution in [-0.4, -0.2) is 10.9 Å². The summed E-state index contributed by atoms with van der Waals surface area (Å²) in [5, 5.41) is 13.1. The monoisotopic (exact) mass is 269 g/mol. The molecule has 1 aromatic carbocycles. The molecule has 4 bridgehead atoms. The van der Waals surface area contributed by atoms with Crippen LogP contribution in [0.2, 0.25) is 0 Å². The third-order valence-corrected chi connectivity index (χ3v) is 5.94. The molecule has 0 radical (unpaired) electrons. The number of rotatable bonds is 3. The van der Waals surface area contributed by atoms with Crippen LogP contribution >= 0.6 is 0 Å². The smallest absolute Gasteiger partial charge is 0.0873 e. The summed E-state index contributed by atoms with van der Waals surface area (Å²) in [6.07, 6.45) is 9.47. The Labute approximate surface area is 120 Å². The molecule has 4 fully saturated rings. The summed E-state index contributed by atoms with van der Waals surface area (Å²) < 4.78 is 0. The van der Waals surface area contributed by atoms with E-state index in [0.717, 1.165) is 35.4 Å². The van der Waals surface area contributed by atoms with Crippen LogP contribution in [0.3, 0.4) is 0 Å². The molecule has 0 aromatic heterocycles. The maximum atomic E-state index is 9.47. The van der Waals surface area contributed by atoms with Crippen LogP contribution in [-0.2, 0) is 0 Å². The second-order valence-corrected chi connectivity index (χ2v) is 7.51. The molecule has 5 rings (SSSR count). The number of nitrogens with zero attached hydrogens (tertiary/aromatic N) is 1. The quantitative estimate of drug-likeness (QED) is 0.490. The van der Waals surface area contributed by atoms with E-state index in [9.17, 15) is 5.21 Å². The SMILES string of the molecule is ON=C(CC12CC3CC(CC(C3)C1)C2)c1ccccc1. The predicted molar refractivity (Wildman–Crippen MR) is 80.0 cm³/mol. The van der Waals surface area contributed by atoms with E-state index in [1.54, 1.807) is 0 Å². The Morgan fingerprint density at radius 2 is 1.55 bits per heavy atom. The highest BCUT2D eigenvalue weighted by Crippen LogP contribution is 2.61. The number of benzene rings is 1. The average molecular weight is 269 g/mol. The van der Waals surface area contributed by atoms with Crippen molar-refractivity contribution in [2.75, 3.05) is 0 Å². The molecule has 0 unspecified atom stereocenters. The molecular weight excluding hydrogens is 246 g/mol. The molecule has 0 spiro atoms. The molecule has 0 heterocycles. The minimum absolute atomic E-state index is 0.437. The van der Waals surface area contributed by atoms with E-state index in [4.69, 9.17) is 0 Å². The fourth-order valence-electron chi connectivity index (χ4n) is 5.69. The first-order valence-corrected chi connectivity index (χ1v) is 8.03. The van der Waals surface area contributed by atoms with E-state index in [1.807, 2.05) is 18.2 Å². The van der Waals surface area contributed by atoms with Crippen molar-refractivity contribution in [3.8, 4) is 0 Å². The first-order valence-electron chi connectivity index (χ1n) is 8.03. The van der Waals surface area contributed by atoms with Crippen molar-refractivity contribution in [2.45, 2.75) is 44.9 Å². The maximum Gasteiger partial charge on any atom is 0.0873 e. The predicted octanol–water partition coefficient (Wildman–Crippen LogP) is 4.47. The van der Waals surface area contributed by atoms with E-state index in [-0.39, 0.29) is 0 Å². The normalized spacial score (nSPS) is 39.2. The molecule has 4 aliphatic carbocycles. The topological polar surface area (TPSA) is 32.6 Å². The fourth-order valence-corrected chi connectivity index (χ4v) is 5.69. The van der Waals surface area contributed by atoms with Crippen molar-refractivity contribution in [1.82, 2.24) is 0 Å². The van der Waals surface area contributed by atoms with Crippen LogP contribution in [0.4, 0.5) is 0 Å².